The fourth-order valence-corrected chi connectivity index (χ4v) is 5.69. The largest absolute Gasteiger partial charge is 0.303 e. The van der Waals surface area contributed by atoms with E-state index in [4.69, 9.17) is 0 Å². The van der Waals surface area contributed by atoms with Crippen molar-refractivity contribution in [3.8, 4) is 0 Å². The molecule has 5 unspecified atom stereocenters. The Balaban J connectivity index is 0.000000161. The molecule has 0 amide bonds. The quantitative estimate of drug-likeness (QED) is 0.472. The number of benzene rings is 2. The van der Waals surface area contributed by atoms with Gasteiger partial charge in [0.1, 0.15) is 12.1 Å². The summed E-state index contributed by atoms with van der Waals surface area (Å²) >= 11 is 0. The number of hydrogen-bond donors (Lipinski definition) is 0. The van der Waals surface area contributed by atoms with Crippen LogP contribution in [0.5, 0.6) is 0 Å². The lowest BCUT2D eigenvalue weighted by molar-refractivity contribution is -0.137. The van der Waals surface area contributed by atoms with Crippen molar-refractivity contribution in [2.45, 2.75) is 70.6 Å². The van der Waals surface area contributed by atoms with Crippen molar-refractivity contribution in [1.29, 1.82) is 0 Å². The monoisotopic (exact) mass is 458 g/mol. The Hall–Kier alpha value is -2.81. The number of ketones is 2. The van der Waals surface area contributed by atoms with Crippen molar-refractivity contribution in [2.75, 3.05) is 0 Å². The highest BCUT2D eigenvalue weighted by Crippen LogP contribution is 2.55. The summed E-state index contributed by atoms with van der Waals surface area (Å²) in [6, 6.07) is 20.5. The molecule has 0 N–H and O–H groups in total. The lowest BCUT2D eigenvalue weighted by Gasteiger charge is -2.54. The lowest BCUT2D eigenvalue weighted by Crippen LogP contribution is -2.53. The Labute approximate surface area is 204 Å². The van der Waals surface area contributed by atoms with Crippen molar-refractivity contribution >= 4 is 17.9 Å². The van der Waals surface area contributed by atoms with Crippen molar-refractivity contribution in [3.05, 3.63) is 83.9 Å². The van der Waals surface area contributed by atoms with Gasteiger partial charge in [0.05, 0.1) is 0 Å². The van der Waals surface area contributed by atoms with Gasteiger partial charge < -0.3 is 4.79 Å². The summed E-state index contributed by atoms with van der Waals surface area (Å²) in [5, 5.41) is 0. The van der Waals surface area contributed by atoms with Crippen molar-refractivity contribution in [1.82, 2.24) is 0 Å². The first-order valence-corrected chi connectivity index (χ1v) is 12.7. The first kappa shape index (κ1) is 25.8. The molecule has 0 saturated heterocycles. The molecule has 2 aromatic rings. The van der Waals surface area contributed by atoms with Crippen LogP contribution in [-0.4, -0.2) is 17.9 Å². The predicted octanol–water partition coefficient (Wildman–Crippen LogP) is 6.86. The van der Waals surface area contributed by atoms with Gasteiger partial charge in [0, 0.05) is 24.7 Å². The molecule has 2 aromatic carbocycles. The van der Waals surface area contributed by atoms with Crippen LogP contribution in [0.3, 0.4) is 0 Å². The predicted molar refractivity (Wildman–Crippen MR) is 138 cm³/mol. The van der Waals surface area contributed by atoms with Gasteiger partial charge in [-0.1, -0.05) is 87.5 Å². The van der Waals surface area contributed by atoms with Crippen LogP contribution in [0, 0.1) is 17.8 Å². The van der Waals surface area contributed by atoms with E-state index in [2.05, 4.69) is 44.2 Å². The molecule has 3 saturated carbocycles. The summed E-state index contributed by atoms with van der Waals surface area (Å²) in [5.74, 6) is 2.18. The van der Waals surface area contributed by atoms with Crippen LogP contribution in [0.2, 0.25) is 0 Å². The van der Waals surface area contributed by atoms with Crippen LogP contribution < -0.4 is 0 Å². The zero-order valence-electron chi connectivity index (χ0n) is 20.8. The zero-order chi connectivity index (χ0) is 24.6. The van der Waals surface area contributed by atoms with Crippen LogP contribution in [0.1, 0.15) is 76.3 Å². The normalized spacial score (nSPS) is 28.1. The standard InChI is InChI=1S/C16H20O.C9H10O.C6H8O/c1-11-14-9-8-13(10-15(14)17)16(11,2)12-6-4-3-5-7-12;1-8(7-10)9-5-3-2-4-6-9;7-6-4-2-1-3-5-6/h3-7,11,13-14H,8-10H2,1-2H3;2-8H,1H3;2,4H,1,3,5H2. The van der Waals surface area contributed by atoms with Crippen molar-refractivity contribution in [2.24, 2.45) is 17.8 Å². The second-order valence-corrected chi connectivity index (χ2v) is 10.1. The highest BCUT2D eigenvalue weighted by molar-refractivity contribution is 5.90. The number of allylic oxidation sites excluding steroid dienone is 2. The van der Waals surface area contributed by atoms with E-state index >= 15 is 0 Å². The summed E-state index contributed by atoms with van der Waals surface area (Å²) in [6.07, 6.45) is 10.6. The number of fused-ring (bicyclic) bond motifs is 3. The van der Waals surface area contributed by atoms with Crippen LogP contribution in [0.15, 0.2) is 72.8 Å². The van der Waals surface area contributed by atoms with Gasteiger partial charge in [0.15, 0.2) is 5.78 Å². The zero-order valence-corrected chi connectivity index (χ0v) is 20.8. The highest BCUT2D eigenvalue weighted by Gasteiger charge is 2.53. The minimum Gasteiger partial charge on any atom is -0.303 e. The summed E-state index contributed by atoms with van der Waals surface area (Å²) in [6.45, 7) is 6.54. The van der Waals surface area contributed by atoms with Gasteiger partial charge in [0.2, 0.25) is 0 Å². The second-order valence-electron chi connectivity index (χ2n) is 10.1. The number of aldehydes is 1. The molecule has 3 nitrogen and oxygen atoms in total. The molecular formula is C31H38O3. The number of Topliss-reactive ketones (excluding diaryl/α,β-unsaturated/α-hetero) is 1. The Bertz CT molecular complexity index is 974. The fourth-order valence-electron chi connectivity index (χ4n) is 5.69. The van der Waals surface area contributed by atoms with Crippen LogP contribution in [-0.2, 0) is 19.8 Å². The first-order chi connectivity index (χ1) is 16.4. The van der Waals surface area contributed by atoms with Gasteiger partial charge in [-0.3, -0.25) is 9.59 Å². The topological polar surface area (TPSA) is 51.2 Å². The molecule has 0 spiro atoms. The Morgan fingerprint density at radius 2 is 1.62 bits per heavy atom. The fraction of sp³-hybridized carbons (Fsp3) is 0.452. The molecule has 0 heterocycles. The smallest absolute Gasteiger partial charge is 0.155 e. The molecule has 0 aromatic heterocycles. The molecule has 180 valence electrons. The minimum absolute atomic E-state index is 0.0289. The van der Waals surface area contributed by atoms with Gasteiger partial charge in [-0.15, -0.1) is 0 Å². The molecule has 34 heavy (non-hydrogen) atoms. The van der Waals surface area contributed by atoms with E-state index < -0.39 is 0 Å². The molecule has 2 bridgehead atoms. The number of rotatable bonds is 3. The summed E-state index contributed by atoms with van der Waals surface area (Å²) in [5.41, 5.74) is 2.71. The maximum absolute atomic E-state index is 12.0. The van der Waals surface area contributed by atoms with Crippen LogP contribution >= 0.6 is 0 Å². The second kappa shape index (κ2) is 12.1. The van der Waals surface area contributed by atoms with Crippen molar-refractivity contribution < 1.29 is 14.4 Å². The average molecular weight is 459 g/mol. The molecule has 5 atom stereocenters. The average Bonchev–Trinajstić information content (AvgIpc) is 2.89. The Kier molecular flexibility index (Phi) is 9.15. The summed E-state index contributed by atoms with van der Waals surface area (Å²) < 4.78 is 0. The SMILES string of the molecule is CC(C=O)c1ccccc1.CC1C2CCC(CC2=O)C1(C)c1ccccc1.O=C1C=CCCC1. The Morgan fingerprint density at radius 1 is 0.971 bits per heavy atom. The van der Waals surface area contributed by atoms with Crippen LogP contribution in [0.25, 0.3) is 0 Å². The lowest BCUT2D eigenvalue weighted by atomic mass is 9.49. The van der Waals surface area contributed by atoms with E-state index in [1.807, 2.05) is 43.3 Å². The van der Waals surface area contributed by atoms with E-state index in [0.717, 1.165) is 44.0 Å². The van der Waals surface area contributed by atoms with Crippen molar-refractivity contribution in [3.63, 3.8) is 0 Å². The highest BCUT2D eigenvalue weighted by atomic mass is 16.1. The molecule has 0 aliphatic heterocycles. The minimum atomic E-state index is 0.0289. The van der Waals surface area contributed by atoms with Gasteiger partial charge >= 0.3 is 0 Å². The molecule has 4 aliphatic rings. The van der Waals surface area contributed by atoms with Gasteiger partial charge in [-0.05, 0) is 60.1 Å². The molecule has 6 rings (SSSR count). The molecule has 4 aliphatic carbocycles. The maximum atomic E-state index is 12.0. The number of carbonyl (C=O) groups excluding carboxylic acids is 3. The molecule has 3 heteroatoms. The molecule has 0 radical (unpaired) electrons. The maximum Gasteiger partial charge on any atom is 0.155 e. The third-order valence-electron chi connectivity index (χ3n) is 8.11. The summed E-state index contributed by atoms with van der Waals surface area (Å²) in [7, 11) is 0. The van der Waals surface area contributed by atoms with Gasteiger partial charge in [0.25, 0.3) is 0 Å². The molecule has 3 fully saturated rings. The van der Waals surface area contributed by atoms with E-state index in [-0.39, 0.29) is 17.1 Å². The summed E-state index contributed by atoms with van der Waals surface area (Å²) in [4.78, 5) is 32.7. The number of carbonyl (C=O) groups is 3. The Morgan fingerprint density at radius 3 is 2.09 bits per heavy atom. The van der Waals surface area contributed by atoms with E-state index in [1.165, 1.54) is 12.0 Å². The number of hydrogen-bond acceptors (Lipinski definition) is 3. The van der Waals surface area contributed by atoms with E-state index in [1.54, 1.807) is 6.08 Å². The van der Waals surface area contributed by atoms with Gasteiger partial charge in [-0.25, -0.2) is 0 Å². The first-order valence-electron chi connectivity index (χ1n) is 12.7. The molecular weight excluding hydrogens is 420 g/mol. The van der Waals surface area contributed by atoms with Crippen LogP contribution in [0.4, 0.5) is 0 Å². The van der Waals surface area contributed by atoms with E-state index in [9.17, 15) is 14.4 Å². The van der Waals surface area contributed by atoms with Gasteiger partial charge in [-0.2, -0.15) is 0 Å². The van der Waals surface area contributed by atoms with E-state index in [0.29, 0.717) is 23.5 Å². The third kappa shape index (κ3) is 6.00. The third-order valence-corrected chi connectivity index (χ3v) is 8.11.